The predicted octanol–water partition coefficient (Wildman–Crippen LogP) is 7.00. The molecule has 0 aliphatic carbocycles. The van der Waals surface area contributed by atoms with Gasteiger partial charge in [0.2, 0.25) is 5.78 Å². The maximum atomic E-state index is 11.9. The molecule has 0 spiro atoms. The van der Waals surface area contributed by atoms with Crippen molar-refractivity contribution in [2.75, 3.05) is 6.61 Å². The normalized spacial score (nSPS) is 11.7. The Morgan fingerprint density at radius 3 is 2.08 bits per heavy atom. The van der Waals surface area contributed by atoms with Crippen LogP contribution in [0.3, 0.4) is 0 Å². The van der Waals surface area contributed by atoms with Crippen LogP contribution in [-0.4, -0.2) is 20.7 Å². The molecule has 0 fully saturated rings. The molecule has 37 heavy (non-hydrogen) atoms. The Hall–Kier alpha value is -3.11. The van der Waals surface area contributed by atoms with Crippen molar-refractivity contribution in [1.82, 2.24) is 0 Å². The maximum Gasteiger partial charge on any atom is 0.261 e. The van der Waals surface area contributed by atoms with E-state index in [4.69, 9.17) is 4.43 Å². The molecule has 2 nitrogen and oxygen atoms in total. The largest absolute Gasteiger partial charge is 0.407 e. The van der Waals surface area contributed by atoms with Crippen LogP contribution in [0.25, 0.3) is 0 Å². The van der Waals surface area contributed by atoms with E-state index in [1.54, 1.807) is 0 Å². The van der Waals surface area contributed by atoms with Crippen molar-refractivity contribution in [3.05, 3.63) is 85.0 Å². The molecule has 0 atom stereocenters. The molecule has 0 N–H and O–H groups in total. The second-order valence-electron chi connectivity index (χ2n) is 10.1. The lowest BCUT2D eigenvalue weighted by Gasteiger charge is -2.43. The van der Waals surface area contributed by atoms with Crippen LogP contribution in [0, 0.1) is 23.7 Å². The van der Waals surface area contributed by atoms with E-state index in [0.717, 1.165) is 32.1 Å². The van der Waals surface area contributed by atoms with Gasteiger partial charge in [-0.25, -0.2) is 0 Å². The van der Waals surface area contributed by atoms with Gasteiger partial charge in [-0.1, -0.05) is 119 Å². The smallest absolute Gasteiger partial charge is 0.261 e. The fourth-order valence-corrected chi connectivity index (χ4v) is 8.96. The minimum Gasteiger partial charge on any atom is -0.407 e. The fourth-order valence-electron chi connectivity index (χ4n) is 4.35. The average molecular weight is 511 g/mol. The predicted molar refractivity (Wildman–Crippen MR) is 160 cm³/mol. The molecule has 2 aromatic rings. The number of ketones is 1. The summed E-state index contributed by atoms with van der Waals surface area (Å²) in [4.78, 5) is 11.9. The van der Waals surface area contributed by atoms with Gasteiger partial charge in [0.1, 0.15) is 0 Å². The van der Waals surface area contributed by atoms with E-state index < -0.39 is 8.32 Å². The first kappa shape index (κ1) is 30.1. The van der Waals surface area contributed by atoms with Crippen molar-refractivity contribution in [2.45, 2.75) is 77.7 Å². The number of allylic oxidation sites excluding steroid dienone is 4. The van der Waals surface area contributed by atoms with Gasteiger partial charge in [0.25, 0.3) is 8.32 Å². The van der Waals surface area contributed by atoms with Gasteiger partial charge >= 0.3 is 0 Å². The van der Waals surface area contributed by atoms with Crippen molar-refractivity contribution in [1.29, 1.82) is 0 Å². The Bertz CT molecular complexity index is 1080. The van der Waals surface area contributed by atoms with E-state index in [1.165, 1.54) is 10.4 Å². The van der Waals surface area contributed by atoms with Gasteiger partial charge in [-0.2, -0.15) is 0 Å². The Balaban J connectivity index is 1.87. The molecule has 3 heteroatoms. The summed E-state index contributed by atoms with van der Waals surface area (Å²) in [5.41, 5.74) is 0. The third-order valence-electron chi connectivity index (χ3n) is 6.15. The zero-order valence-electron chi connectivity index (χ0n) is 23.1. The van der Waals surface area contributed by atoms with Crippen LogP contribution in [0.1, 0.15) is 72.6 Å². The molecule has 0 radical (unpaired) electrons. The Labute approximate surface area is 226 Å². The van der Waals surface area contributed by atoms with E-state index in [1.807, 2.05) is 0 Å². The van der Waals surface area contributed by atoms with Crippen molar-refractivity contribution in [2.24, 2.45) is 0 Å². The lowest BCUT2D eigenvalue weighted by atomic mass is 10.1. The molecular weight excluding hydrogens is 468 g/mol. The Morgan fingerprint density at radius 2 is 1.49 bits per heavy atom. The minimum absolute atomic E-state index is 0.0326. The van der Waals surface area contributed by atoms with Crippen molar-refractivity contribution in [3.63, 3.8) is 0 Å². The van der Waals surface area contributed by atoms with Crippen LogP contribution >= 0.6 is 0 Å². The molecule has 0 aliphatic rings. The number of rotatable bonds is 13. The lowest BCUT2D eigenvalue weighted by molar-refractivity contribution is -0.113. The maximum absolute atomic E-state index is 11.9. The Morgan fingerprint density at radius 1 is 0.865 bits per heavy atom. The molecule has 0 heterocycles. The van der Waals surface area contributed by atoms with E-state index in [9.17, 15) is 4.79 Å². The van der Waals surface area contributed by atoms with Gasteiger partial charge in [0.05, 0.1) is 0 Å². The first-order valence-corrected chi connectivity index (χ1v) is 15.4. The van der Waals surface area contributed by atoms with Crippen LogP contribution in [0.4, 0.5) is 0 Å². The first-order chi connectivity index (χ1) is 17.9. The van der Waals surface area contributed by atoms with Crippen LogP contribution in [0.15, 0.2) is 85.0 Å². The molecule has 0 aromatic heterocycles. The average Bonchev–Trinajstić information content (AvgIpc) is 2.89. The summed E-state index contributed by atoms with van der Waals surface area (Å²) >= 11 is 0. The highest BCUT2D eigenvalue weighted by molar-refractivity contribution is 6.99. The van der Waals surface area contributed by atoms with Crippen molar-refractivity contribution in [3.8, 4) is 23.7 Å². The van der Waals surface area contributed by atoms with Gasteiger partial charge in [-0.3, -0.25) is 4.79 Å². The van der Waals surface area contributed by atoms with Crippen LogP contribution in [0.2, 0.25) is 5.04 Å². The molecule has 2 aromatic carbocycles. The topological polar surface area (TPSA) is 26.3 Å². The van der Waals surface area contributed by atoms with Crippen LogP contribution in [-0.2, 0) is 9.22 Å². The van der Waals surface area contributed by atoms with Gasteiger partial charge in [-0.15, -0.1) is 0 Å². The zero-order chi connectivity index (χ0) is 26.8. The molecule has 0 saturated carbocycles. The number of benzene rings is 2. The number of hydrogen-bond donors (Lipinski definition) is 0. The molecule has 0 bridgehead atoms. The SMILES string of the molecule is CC/C=C\C/C=C\CCCC(=O)C#CC#CCCCO[Si](c1ccccc1)(c1ccccc1)C(C)(C)C. The third-order valence-corrected chi connectivity index (χ3v) is 11.2. The minimum atomic E-state index is -2.50. The van der Waals surface area contributed by atoms with Crippen LogP contribution in [0.5, 0.6) is 0 Å². The molecule has 0 unspecified atom stereocenters. The number of Topliss-reactive ketones (excluding diaryl/α,β-unsaturated/α-hetero) is 1. The Kier molecular flexibility index (Phi) is 13.5. The summed E-state index contributed by atoms with van der Waals surface area (Å²) in [7, 11) is -2.50. The number of unbranched alkanes of at least 4 members (excludes halogenated alkanes) is 2. The van der Waals surface area contributed by atoms with E-state index in [0.29, 0.717) is 19.4 Å². The summed E-state index contributed by atoms with van der Waals surface area (Å²) in [6, 6.07) is 21.3. The van der Waals surface area contributed by atoms with Gasteiger partial charge in [0.15, 0.2) is 0 Å². The standard InChI is InChI=1S/C34H42O2Si/c1-5-6-7-8-9-10-12-17-24-31(35)25-18-13-11-14-23-30-36-37(34(2,3)4,32-26-19-15-20-27-32)33-28-21-16-22-29-33/h6-7,9-10,15-16,19-22,26-29H,5,8,12,14,17,23-24,30H2,1-4H3/b7-6-,10-9-. The summed E-state index contributed by atoms with van der Waals surface area (Å²) in [6.07, 6.45) is 14.4. The first-order valence-electron chi connectivity index (χ1n) is 13.5. The molecule has 0 saturated heterocycles. The zero-order valence-corrected chi connectivity index (χ0v) is 24.1. The highest BCUT2D eigenvalue weighted by atomic mass is 28.4. The summed E-state index contributed by atoms with van der Waals surface area (Å²) < 4.78 is 6.87. The third kappa shape index (κ3) is 10.0. The highest BCUT2D eigenvalue weighted by Crippen LogP contribution is 2.36. The van der Waals surface area contributed by atoms with Gasteiger partial charge < -0.3 is 4.43 Å². The molecular formula is C34H42O2Si. The quantitative estimate of drug-likeness (QED) is 0.0953. The highest BCUT2D eigenvalue weighted by Gasteiger charge is 2.49. The summed E-state index contributed by atoms with van der Waals surface area (Å²) in [6.45, 7) is 9.62. The van der Waals surface area contributed by atoms with E-state index in [2.05, 4.69) is 136 Å². The lowest BCUT2D eigenvalue weighted by Crippen LogP contribution is -2.66. The van der Waals surface area contributed by atoms with E-state index >= 15 is 0 Å². The summed E-state index contributed by atoms with van der Waals surface area (Å²) in [5, 5.41) is 2.54. The van der Waals surface area contributed by atoms with Gasteiger partial charge in [-0.05, 0) is 65.3 Å². The summed E-state index contributed by atoms with van der Waals surface area (Å²) in [5.74, 6) is 11.3. The fraction of sp³-hybridized carbons (Fsp3) is 0.382. The molecule has 194 valence electrons. The number of carbonyl (C=O) groups excluding carboxylic acids is 1. The van der Waals surface area contributed by atoms with Crippen LogP contribution < -0.4 is 10.4 Å². The van der Waals surface area contributed by atoms with Crippen molar-refractivity contribution < 1.29 is 9.22 Å². The molecule has 0 amide bonds. The number of hydrogen-bond acceptors (Lipinski definition) is 2. The van der Waals surface area contributed by atoms with Gasteiger partial charge in [0, 0.05) is 19.4 Å². The van der Waals surface area contributed by atoms with E-state index in [-0.39, 0.29) is 10.8 Å². The second kappa shape index (κ2) is 16.6. The number of carbonyl (C=O) groups is 1. The second-order valence-corrected chi connectivity index (χ2v) is 14.4. The molecule has 2 rings (SSSR count). The van der Waals surface area contributed by atoms with Crippen molar-refractivity contribution >= 4 is 24.5 Å². The molecule has 0 aliphatic heterocycles. The monoisotopic (exact) mass is 510 g/mol.